The fourth-order valence-electron chi connectivity index (χ4n) is 7.02. The molecule has 2 saturated carbocycles. The number of rotatable bonds is 5. The zero-order chi connectivity index (χ0) is 26.4. The SMILES string of the molecule is CO[C@H]1CC(C)(C)Cc2nc(C3CCCC3)c(C(=O)c3ccc(C(F)(F)F)cc3)c(C3CCCCC3)c21. The molecule has 3 aliphatic rings. The van der Waals surface area contributed by atoms with Gasteiger partial charge >= 0.3 is 6.18 Å². The summed E-state index contributed by atoms with van der Waals surface area (Å²) in [5, 5.41) is 0. The molecular formula is C31H38F3NO2. The summed E-state index contributed by atoms with van der Waals surface area (Å²) in [6.07, 6.45) is 6.84. The van der Waals surface area contributed by atoms with Crippen molar-refractivity contribution in [1.29, 1.82) is 0 Å². The molecule has 3 nitrogen and oxygen atoms in total. The van der Waals surface area contributed by atoms with E-state index in [9.17, 15) is 18.0 Å². The van der Waals surface area contributed by atoms with Gasteiger partial charge in [-0.25, -0.2) is 0 Å². The Morgan fingerprint density at radius 2 is 1.51 bits per heavy atom. The number of fused-ring (bicyclic) bond motifs is 1. The molecule has 3 aliphatic carbocycles. The van der Waals surface area contributed by atoms with Gasteiger partial charge in [0.1, 0.15) is 0 Å². The van der Waals surface area contributed by atoms with Gasteiger partial charge in [-0.2, -0.15) is 13.2 Å². The summed E-state index contributed by atoms with van der Waals surface area (Å²) in [5.41, 5.74) is 4.40. The van der Waals surface area contributed by atoms with E-state index in [1.807, 2.05) is 0 Å². The first-order chi connectivity index (χ1) is 17.6. The molecule has 6 heteroatoms. The van der Waals surface area contributed by atoms with Crippen LogP contribution in [-0.4, -0.2) is 17.9 Å². The first kappa shape index (κ1) is 26.4. The number of nitrogens with zero attached hydrogens (tertiary/aromatic N) is 1. The molecule has 0 unspecified atom stereocenters. The average Bonchev–Trinajstić information content (AvgIpc) is 3.41. The van der Waals surface area contributed by atoms with E-state index in [0.29, 0.717) is 11.1 Å². The van der Waals surface area contributed by atoms with Gasteiger partial charge in [-0.1, -0.05) is 58.1 Å². The number of pyridine rings is 1. The molecule has 0 N–H and O–H groups in total. The number of carbonyl (C=O) groups excluding carboxylic acids is 1. The van der Waals surface area contributed by atoms with Gasteiger partial charge in [0.2, 0.25) is 0 Å². The summed E-state index contributed by atoms with van der Waals surface area (Å²) in [6.45, 7) is 4.50. The van der Waals surface area contributed by atoms with Crippen molar-refractivity contribution < 1.29 is 22.7 Å². The lowest BCUT2D eigenvalue weighted by atomic mass is 9.69. The van der Waals surface area contributed by atoms with Crippen molar-refractivity contribution in [2.24, 2.45) is 5.41 Å². The molecule has 0 spiro atoms. The van der Waals surface area contributed by atoms with Crippen LogP contribution >= 0.6 is 0 Å². The van der Waals surface area contributed by atoms with Gasteiger partial charge in [-0.3, -0.25) is 9.78 Å². The fraction of sp³-hybridized carbons (Fsp3) is 0.613. The first-order valence-electron chi connectivity index (χ1n) is 13.9. The molecule has 1 aromatic carbocycles. The van der Waals surface area contributed by atoms with Crippen LogP contribution in [0.4, 0.5) is 13.2 Å². The first-order valence-corrected chi connectivity index (χ1v) is 13.9. The van der Waals surface area contributed by atoms with E-state index >= 15 is 0 Å². The molecule has 0 amide bonds. The van der Waals surface area contributed by atoms with Crippen molar-refractivity contribution in [2.45, 2.75) is 109 Å². The zero-order valence-corrected chi connectivity index (χ0v) is 22.2. The molecule has 2 aromatic rings. The molecule has 0 saturated heterocycles. The highest BCUT2D eigenvalue weighted by molar-refractivity contribution is 6.11. The standard InChI is InChI=1S/C31H38F3NO2/c1-30(2)17-23-26(24(18-30)37-3)25(19-9-5-4-6-10-19)27(28(35-23)20-11-7-8-12-20)29(36)21-13-15-22(16-14-21)31(32,33)34/h13-16,19-20,24H,4-12,17-18H2,1-3H3/t24-/m0/s1. The number of alkyl halides is 3. The third-order valence-electron chi connectivity index (χ3n) is 8.83. The summed E-state index contributed by atoms with van der Waals surface area (Å²) in [4.78, 5) is 19.6. The largest absolute Gasteiger partial charge is 0.416 e. The van der Waals surface area contributed by atoms with Crippen LogP contribution < -0.4 is 0 Å². The van der Waals surface area contributed by atoms with Gasteiger partial charge in [-0.05, 0) is 67.6 Å². The van der Waals surface area contributed by atoms with Crippen molar-refractivity contribution in [1.82, 2.24) is 4.98 Å². The van der Waals surface area contributed by atoms with Crippen LogP contribution in [0, 0.1) is 5.41 Å². The fourth-order valence-corrected chi connectivity index (χ4v) is 7.02. The number of ketones is 1. The minimum absolute atomic E-state index is 0.0381. The maximum absolute atomic E-state index is 14.3. The van der Waals surface area contributed by atoms with E-state index in [-0.39, 0.29) is 29.1 Å². The number of hydrogen-bond donors (Lipinski definition) is 0. The highest BCUT2D eigenvalue weighted by atomic mass is 19.4. The molecule has 0 radical (unpaired) electrons. The number of ether oxygens (including phenoxy) is 1. The van der Waals surface area contributed by atoms with E-state index in [4.69, 9.17) is 9.72 Å². The van der Waals surface area contributed by atoms with E-state index in [0.717, 1.165) is 98.9 Å². The third-order valence-corrected chi connectivity index (χ3v) is 8.83. The number of methoxy groups -OCH3 is 1. The van der Waals surface area contributed by atoms with Crippen molar-refractivity contribution in [3.8, 4) is 0 Å². The lowest BCUT2D eigenvalue weighted by molar-refractivity contribution is -0.137. The van der Waals surface area contributed by atoms with E-state index < -0.39 is 11.7 Å². The molecule has 200 valence electrons. The minimum Gasteiger partial charge on any atom is -0.377 e. The Hall–Kier alpha value is -2.21. The lowest BCUT2D eigenvalue weighted by Crippen LogP contribution is -2.32. The summed E-state index contributed by atoms with van der Waals surface area (Å²) >= 11 is 0. The summed E-state index contributed by atoms with van der Waals surface area (Å²) < 4.78 is 45.8. The monoisotopic (exact) mass is 513 g/mol. The molecular weight excluding hydrogens is 475 g/mol. The number of hydrogen-bond acceptors (Lipinski definition) is 3. The van der Waals surface area contributed by atoms with Gasteiger partial charge in [0.25, 0.3) is 0 Å². The molecule has 1 aromatic heterocycles. The predicted molar refractivity (Wildman–Crippen MR) is 138 cm³/mol. The predicted octanol–water partition coefficient (Wildman–Crippen LogP) is 8.70. The lowest BCUT2D eigenvalue weighted by Gasteiger charge is -2.40. The zero-order valence-electron chi connectivity index (χ0n) is 22.2. The Bertz CT molecular complexity index is 1140. The minimum atomic E-state index is -4.43. The maximum Gasteiger partial charge on any atom is 0.416 e. The summed E-state index contributed by atoms with van der Waals surface area (Å²) in [5.74, 6) is 0.274. The van der Waals surface area contributed by atoms with E-state index in [1.54, 1.807) is 7.11 Å². The number of halogens is 3. The van der Waals surface area contributed by atoms with Gasteiger partial charge < -0.3 is 4.74 Å². The molecule has 5 rings (SSSR count). The number of benzene rings is 1. The Kier molecular flexibility index (Phi) is 7.25. The Morgan fingerprint density at radius 3 is 2.11 bits per heavy atom. The summed E-state index contributed by atoms with van der Waals surface area (Å²) in [6, 6.07) is 4.72. The third kappa shape index (κ3) is 5.23. The molecule has 2 fully saturated rings. The molecule has 0 bridgehead atoms. The van der Waals surface area contributed by atoms with Gasteiger partial charge in [0, 0.05) is 35.4 Å². The molecule has 0 aliphatic heterocycles. The highest BCUT2D eigenvalue weighted by Crippen LogP contribution is 2.50. The number of carbonyl (C=O) groups is 1. The van der Waals surface area contributed by atoms with Crippen molar-refractivity contribution in [3.63, 3.8) is 0 Å². The maximum atomic E-state index is 14.3. The highest BCUT2D eigenvalue weighted by Gasteiger charge is 2.41. The Morgan fingerprint density at radius 1 is 0.919 bits per heavy atom. The van der Waals surface area contributed by atoms with Gasteiger partial charge in [0.05, 0.1) is 17.4 Å². The van der Waals surface area contributed by atoms with Crippen LogP contribution in [0.25, 0.3) is 0 Å². The van der Waals surface area contributed by atoms with Crippen LogP contribution in [0.3, 0.4) is 0 Å². The second-order valence-electron chi connectivity index (χ2n) is 12.1. The van der Waals surface area contributed by atoms with Crippen LogP contribution in [0.5, 0.6) is 0 Å². The normalized spacial score (nSPS) is 22.7. The Balaban J connectivity index is 1.73. The smallest absolute Gasteiger partial charge is 0.377 e. The number of aromatic nitrogens is 1. The molecule has 1 atom stereocenters. The van der Waals surface area contributed by atoms with Crippen molar-refractivity contribution >= 4 is 5.78 Å². The van der Waals surface area contributed by atoms with Crippen LogP contribution in [-0.2, 0) is 17.3 Å². The summed E-state index contributed by atoms with van der Waals surface area (Å²) in [7, 11) is 1.74. The van der Waals surface area contributed by atoms with Crippen LogP contribution in [0.1, 0.15) is 140 Å². The quantitative estimate of drug-likeness (QED) is 0.375. The van der Waals surface area contributed by atoms with Gasteiger partial charge in [-0.15, -0.1) is 0 Å². The second-order valence-corrected chi connectivity index (χ2v) is 12.1. The average molecular weight is 514 g/mol. The van der Waals surface area contributed by atoms with Crippen molar-refractivity contribution in [3.05, 3.63) is 63.5 Å². The van der Waals surface area contributed by atoms with E-state index in [1.165, 1.54) is 18.6 Å². The molecule has 1 heterocycles. The van der Waals surface area contributed by atoms with Crippen molar-refractivity contribution in [2.75, 3.05) is 7.11 Å². The topological polar surface area (TPSA) is 39.2 Å². The Labute approximate surface area is 218 Å². The van der Waals surface area contributed by atoms with E-state index in [2.05, 4.69) is 13.8 Å². The van der Waals surface area contributed by atoms with Gasteiger partial charge in [0.15, 0.2) is 5.78 Å². The second kappa shape index (κ2) is 10.2. The van der Waals surface area contributed by atoms with Crippen LogP contribution in [0.2, 0.25) is 0 Å². The van der Waals surface area contributed by atoms with Crippen LogP contribution in [0.15, 0.2) is 24.3 Å². The molecule has 37 heavy (non-hydrogen) atoms.